The highest BCUT2D eigenvalue weighted by Gasteiger charge is 2.26. The first-order valence-electron chi connectivity index (χ1n) is 8.01. The molecule has 0 radical (unpaired) electrons. The maximum atomic E-state index is 10.8. The van der Waals surface area contributed by atoms with Crippen molar-refractivity contribution in [1.29, 1.82) is 0 Å². The van der Waals surface area contributed by atoms with Crippen molar-refractivity contribution in [2.75, 3.05) is 26.2 Å². The van der Waals surface area contributed by atoms with Gasteiger partial charge >= 0.3 is 5.97 Å². The van der Waals surface area contributed by atoms with Crippen LogP contribution < -0.4 is 0 Å². The molecule has 1 aromatic heterocycles. The summed E-state index contributed by atoms with van der Waals surface area (Å²) in [6, 6.07) is 4.06. The maximum absolute atomic E-state index is 10.8. The zero-order valence-corrected chi connectivity index (χ0v) is 12.5. The van der Waals surface area contributed by atoms with Gasteiger partial charge in [-0.3, -0.25) is 4.90 Å². The zero-order valence-electron chi connectivity index (χ0n) is 12.5. The number of aromatic carboxylic acids is 1. The summed E-state index contributed by atoms with van der Waals surface area (Å²) in [7, 11) is 0. The van der Waals surface area contributed by atoms with E-state index in [0.29, 0.717) is 0 Å². The summed E-state index contributed by atoms with van der Waals surface area (Å²) >= 11 is 0. The molecule has 21 heavy (non-hydrogen) atoms. The van der Waals surface area contributed by atoms with E-state index in [4.69, 9.17) is 9.52 Å². The lowest BCUT2D eigenvalue weighted by Gasteiger charge is -2.40. The van der Waals surface area contributed by atoms with Crippen LogP contribution in [0, 0.1) is 0 Å². The largest absolute Gasteiger partial charge is 0.475 e. The zero-order chi connectivity index (χ0) is 14.7. The molecule has 2 aliphatic heterocycles. The number of nitrogens with zero attached hydrogens (tertiary/aromatic N) is 2. The molecular formula is C16H24N2O3. The van der Waals surface area contributed by atoms with Gasteiger partial charge in [0.2, 0.25) is 5.76 Å². The van der Waals surface area contributed by atoms with Crippen molar-refractivity contribution in [3.63, 3.8) is 0 Å². The van der Waals surface area contributed by atoms with Crippen LogP contribution in [-0.4, -0.2) is 53.1 Å². The van der Waals surface area contributed by atoms with Crippen molar-refractivity contribution in [1.82, 2.24) is 9.80 Å². The van der Waals surface area contributed by atoms with Crippen LogP contribution in [0.3, 0.4) is 0 Å². The Morgan fingerprint density at radius 3 is 2.48 bits per heavy atom. The minimum absolute atomic E-state index is 0.0354. The molecule has 5 nitrogen and oxygen atoms in total. The van der Waals surface area contributed by atoms with Gasteiger partial charge in [0.1, 0.15) is 5.76 Å². The molecule has 0 unspecified atom stereocenters. The fourth-order valence-electron chi connectivity index (χ4n) is 3.52. The smallest absolute Gasteiger partial charge is 0.371 e. The molecular weight excluding hydrogens is 268 g/mol. The first kappa shape index (κ1) is 14.6. The molecule has 1 aromatic rings. The number of rotatable bonds is 4. The van der Waals surface area contributed by atoms with E-state index < -0.39 is 5.97 Å². The molecule has 5 heteroatoms. The molecule has 0 spiro atoms. The van der Waals surface area contributed by atoms with Gasteiger partial charge in [-0.2, -0.15) is 0 Å². The number of carboxylic acids is 1. The van der Waals surface area contributed by atoms with Gasteiger partial charge in [0.25, 0.3) is 0 Å². The Kier molecular flexibility index (Phi) is 4.60. The van der Waals surface area contributed by atoms with Crippen LogP contribution >= 0.6 is 0 Å². The van der Waals surface area contributed by atoms with E-state index in [1.54, 1.807) is 6.07 Å². The summed E-state index contributed by atoms with van der Waals surface area (Å²) in [6.07, 6.45) is 6.52. The van der Waals surface area contributed by atoms with Crippen molar-refractivity contribution in [3.8, 4) is 0 Å². The molecule has 3 rings (SSSR count). The number of hydrogen-bond acceptors (Lipinski definition) is 4. The predicted molar refractivity (Wildman–Crippen MR) is 79.4 cm³/mol. The molecule has 3 heterocycles. The second kappa shape index (κ2) is 6.62. The quantitative estimate of drug-likeness (QED) is 0.923. The summed E-state index contributed by atoms with van der Waals surface area (Å²) in [5, 5.41) is 8.87. The molecule has 2 saturated heterocycles. The van der Waals surface area contributed by atoms with Crippen LogP contribution in [-0.2, 0) is 6.54 Å². The minimum Gasteiger partial charge on any atom is -0.475 e. The number of furan rings is 1. The van der Waals surface area contributed by atoms with Gasteiger partial charge in [-0.15, -0.1) is 0 Å². The molecule has 2 fully saturated rings. The Morgan fingerprint density at radius 1 is 1.14 bits per heavy atom. The fraction of sp³-hybridized carbons (Fsp3) is 0.688. The molecule has 0 bridgehead atoms. The van der Waals surface area contributed by atoms with E-state index in [1.165, 1.54) is 51.3 Å². The van der Waals surface area contributed by atoms with Crippen molar-refractivity contribution in [2.24, 2.45) is 0 Å². The highest BCUT2D eigenvalue weighted by atomic mass is 16.4. The molecule has 1 N–H and O–H groups in total. The van der Waals surface area contributed by atoms with Gasteiger partial charge < -0.3 is 14.4 Å². The topological polar surface area (TPSA) is 56.9 Å². The lowest BCUT2D eigenvalue weighted by Crippen LogP contribution is -2.46. The van der Waals surface area contributed by atoms with Crippen molar-refractivity contribution in [3.05, 3.63) is 23.7 Å². The Bertz CT molecular complexity index is 472. The van der Waals surface area contributed by atoms with Crippen LogP contribution in [0.2, 0.25) is 0 Å². The third-order valence-electron chi connectivity index (χ3n) is 4.72. The molecule has 0 aromatic carbocycles. The first-order valence-corrected chi connectivity index (χ1v) is 8.01. The molecule has 2 aliphatic rings. The average Bonchev–Trinajstić information content (AvgIpc) is 2.98. The molecule has 116 valence electrons. The van der Waals surface area contributed by atoms with Gasteiger partial charge in [0.05, 0.1) is 6.54 Å². The van der Waals surface area contributed by atoms with Crippen LogP contribution in [0.5, 0.6) is 0 Å². The third kappa shape index (κ3) is 3.66. The minimum atomic E-state index is -0.995. The number of carbonyl (C=O) groups is 1. The van der Waals surface area contributed by atoms with E-state index in [0.717, 1.165) is 31.4 Å². The maximum Gasteiger partial charge on any atom is 0.371 e. The van der Waals surface area contributed by atoms with E-state index in [2.05, 4.69) is 9.80 Å². The number of piperidine rings is 2. The highest BCUT2D eigenvalue weighted by molar-refractivity contribution is 5.84. The summed E-state index contributed by atoms with van der Waals surface area (Å²) in [5.74, 6) is -0.206. The predicted octanol–water partition coefficient (Wildman–Crippen LogP) is 2.43. The summed E-state index contributed by atoms with van der Waals surface area (Å²) in [5.41, 5.74) is 0. The van der Waals surface area contributed by atoms with Crippen molar-refractivity contribution >= 4 is 5.97 Å². The van der Waals surface area contributed by atoms with E-state index in [1.807, 2.05) is 0 Å². The first-order chi connectivity index (χ1) is 10.2. The van der Waals surface area contributed by atoms with Crippen molar-refractivity contribution in [2.45, 2.75) is 44.7 Å². The van der Waals surface area contributed by atoms with Gasteiger partial charge in [0.15, 0.2) is 0 Å². The standard InChI is InChI=1S/C16H24N2O3/c19-16(20)15-5-4-14(21-15)12-17-10-6-13(7-11-17)18-8-2-1-3-9-18/h4-5,13H,1-3,6-12H2,(H,19,20). The molecule has 0 saturated carbocycles. The summed E-state index contributed by atoms with van der Waals surface area (Å²) < 4.78 is 5.34. The highest BCUT2D eigenvalue weighted by Crippen LogP contribution is 2.22. The number of hydrogen-bond donors (Lipinski definition) is 1. The van der Waals surface area contributed by atoms with Gasteiger partial charge in [-0.05, 0) is 50.9 Å². The SMILES string of the molecule is O=C(O)c1ccc(CN2CCC(N3CCCCC3)CC2)o1. The van der Waals surface area contributed by atoms with E-state index >= 15 is 0 Å². The normalized spacial score (nSPS) is 22.5. The number of likely N-dealkylation sites (tertiary alicyclic amines) is 2. The molecule has 0 atom stereocenters. The van der Waals surface area contributed by atoms with Crippen LogP contribution in [0.1, 0.15) is 48.4 Å². The van der Waals surface area contributed by atoms with E-state index in [9.17, 15) is 4.79 Å². The fourth-order valence-corrected chi connectivity index (χ4v) is 3.52. The third-order valence-corrected chi connectivity index (χ3v) is 4.72. The molecule has 0 amide bonds. The van der Waals surface area contributed by atoms with Crippen LogP contribution in [0.25, 0.3) is 0 Å². The molecule has 0 aliphatic carbocycles. The Morgan fingerprint density at radius 2 is 1.86 bits per heavy atom. The van der Waals surface area contributed by atoms with Crippen molar-refractivity contribution < 1.29 is 14.3 Å². The van der Waals surface area contributed by atoms with Crippen LogP contribution in [0.4, 0.5) is 0 Å². The lowest BCUT2D eigenvalue weighted by molar-refractivity contribution is 0.0653. The average molecular weight is 292 g/mol. The summed E-state index contributed by atoms with van der Waals surface area (Å²) in [4.78, 5) is 15.8. The lowest BCUT2D eigenvalue weighted by atomic mass is 10.00. The summed E-state index contributed by atoms with van der Waals surface area (Å²) in [6.45, 7) is 5.41. The van der Waals surface area contributed by atoms with Crippen LogP contribution in [0.15, 0.2) is 16.5 Å². The second-order valence-corrected chi connectivity index (χ2v) is 6.18. The monoisotopic (exact) mass is 292 g/mol. The Balaban J connectivity index is 1.47. The Labute approximate surface area is 125 Å². The van der Waals surface area contributed by atoms with Gasteiger partial charge in [-0.25, -0.2) is 4.79 Å². The van der Waals surface area contributed by atoms with Gasteiger partial charge in [0, 0.05) is 19.1 Å². The van der Waals surface area contributed by atoms with Gasteiger partial charge in [-0.1, -0.05) is 6.42 Å². The second-order valence-electron chi connectivity index (χ2n) is 6.18. The number of carboxylic acid groups (broad SMARTS) is 1. The Hall–Kier alpha value is -1.33. The van der Waals surface area contributed by atoms with E-state index in [-0.39, 0.29) is 5.76 Å².